The van der Waals surface area contributed by atoms with Gasteiger partial charge in [-0.3, -0.25) is 14.4 Å². The van der Waals surface area contributed by atoms with Crippen molar-refractivity contribution < 1.29 is 28.6 Å². The first-order chi connectivity index (χ1) is 30.3. The van der Waals surface area contributed by atoms with Gasteiger partial charge >= 0.3 is 17.9 Å². The Morgan fingerprint density at radius 1 is 0.339 bits per heavy atom. The van der Waals surface area contributed by atoms with E-state index in [1.165, 1.54) is 199 Å². The Morgan fingerprint density at radius 3 is 0.919 bits per heavy atom. The van der Waals surface area contributed by atoms with Crippen LogP contribution in [0.25, 0.3) is 0 Å². The summed E-state index contributed by atoms with van der Waals surface area (Å²) in [6.45, 7) is 11.4. The first-order valence-corrected chi connectivity index (χ1v) is 27.8. The lowest BCUT2D eigenvalue weighted by atomic mass is 9.99. The molecule has 0 aromatic carbocycles. The molecule has 0 aromatic heterocycles. The Kier molecular flexibility index (Phi) is 47.6. The minimum atomic E-state index is -0.763. The molecule has 62 heavy (non-hydrogen) atoms. The second-order valence-electron chi connectivity index (χ2n) is 19.9. The minimum absolute atomic E-state index is 0.0638. The molecule has 0 saturated heterocycles. The zero-order valence-electron chi connectivity index (χ0n) is 42.5. The van der Waals surface area contributed by atoms with Crippen molar-refractivity contribution in [1.29, 1.82) is 0 Å². The van der Waals surface area contributed by atoms with Gasteiger partial charge in [-0.05, 0) is 31.1 Å². The molecular formula is C56H108O6. The molecule has 0 spiro atoms. The van der Waals surface area contributed by atoms with Crippen molar-refractivity contribution in [2.24, 2.45) is 11.8 Å². The lowest BCUT2D eigenvalue weighted by Gasteiger charge is -2.18. The van der Waals surface area contributed by atoms with Crippen LogP contribution in [0.1, 0.15) is 311 Å². The molecular weight excluding hydrogens is 769 g/mol. The maximum absolute atomic E-state index is 12.8. The molecule has 0 aliphatic carbocycles. The van der Waals surface area contributed by atoms with Gasteiger partial charge in [0, 0.05) is 19.3 Å². The number of carbonyl (C=O) groups is 3. The van der Waals surface area contributed by atoms with E-state index in [9.17, 15) is 14.4 Å². The number of carbonyl (C=O) groups excluding carboxylic acids is 3. The lowest BCUT2D eigenvalue weighted by Crippen LogP contribution is -2.30. The molecule has 0 fully saturated rings. The summed E-state index contributed by atoms with van der Waals surface area (Å²) in [5, 5.41) is 0. The van der Waals surface area contributed by atoms with Gasteiger partial charge in [0.2, 0.25) is 0 Å². The van der Waals surface area contributed by atoms with Crippen molar-refractivity contribution in [3.8, 4) is 0 Å². The Balaban J connectivity index is 4.26. The third-order valence-electron chi connectivity index (χ3n) is 13.1. The Hall–Kier alpha value is -1.59. The van der Waals surface area contributed by atoms with Gasteiger partial charge in [0.15, 0.2) is 6.10 Å². The Morgan fingerprint density at radius 2 is 0.613 bits per heavy atom. The highest BCUT2D eigenvalue weighted by atomic mass is 16.6. The SMILES string of the molecule is CCCCCCCCCCCCCCCCCCCCCC(=O)OC[C@@H](COC(=O)CCCCCCCCCCCCC(C)C)OC(=O)CCCCCCCCCCC(C)CC. The summed E-state index contributed by atoms with van der Waals surface area (Å²) in [7, 11) is 0. The number of unbranched alkanes of at least 4 members (excludes halogenated alkanes) is 34. The second-order valence-corrected chi connectivity index (χ2v) is 19.9. The molecule has 368 valence electrons. The van der Waals surface area contributed by atoms with Crippen LogP contribution in [0.4, 0.5) is 0 Å². The van der Waals surface area contributed by atoms with Crippen LogP contribution in [-0.4, -0.2) is 37.2 Å². The maximum atomic E-state index is 12.8. The third kappa shape index (κ3) is 47.9. The van der Waals surface area contributed by atoms with Crippen LogP contribution in [0.2, 0.25) is 0 Å². The van der Waals surface area contributed by atoms with Crippen LogP contribution in [-0.2, 0) is 28.6 Å². The van der Waals surface area contributed by atoms with E-state index in [-0.39, 0.29) is 31.1 Å². The highest BCUT2D eigenvalue weighted by Crippen LogP contribution is 2.18. The van der Waals surface area contributed by atoms with Crippen molar-refractivity contribution >= 4 is 17.9 Å². The van der Waals surface area contributed by atoms with Crippen LogP contribution in [0, 0.1) is 11.8 Å². The van der Waals surface area contributed by atoms with Crippen LogP contribution < -0.4 is 0 Å². The molecule has 0 radical (unpaired) electrons. The number of hydrogen-bond donors (Lipinski definition) is 0. The van der Waals surface area contributed by atoms with Crippen molar-refractivity contribution in [3.63, 3.8) is 0 Å². The molecule has 0 rings (SSSR count). The van der Waals surface area contributed by atoms with Crippen molar-refractivity contribution in [3.05, 3.63) is 0 Å². The van der Waals surface area contributed by atoms with Crippen LogP contribution in [0.5, 0.6) is 0 Å². The molecule has 6 nitrogen and oxygen atoms in total. The topological polar surface area (TPSA) is 78.9 Å². The first-order valence-electron chi connectivity index (χ1n) is 27.8. The van der Waals surface area contributed by atoms with Gasteiger partial charge in [0.1, 0.15) is 13.2 Å². The molecule has 2 atom stereocenters. The van der Waals surface area contributed by atoms with E-state index in [4.69, 9.17) is 14.2 Å². The summed E-state index contributed by atoms with van der Waals surface area (Å²) >= 11 is 0. The zero-order chi connectivity index (χ0) is 45.4. The van der Waals surface area contributed by atoms with Crippen LogP contribution >= 0.6 is 0 Å². The van der Waals surface area contributed by atoms with Gasteiger partial charge in [-0.1, -0.05) is 272 Å². The predicted molar refractivity (Wildman–Crippen MR) is 266 cm³/mol. The van der Waals surface area contributed by atoms with E-state index in [1.807, 2.05) is 0 Å². The molecule has 1 unspecified atom stereocenters. The normalized spacial score (nSPS) is 12.5. The first kappa shape index (κ1) is 60.4. The van der Waals surface area contributed by atoms with Crippen LogP contribution in [0.15, 0.2) is 0 Å². The predicted octanol–water partition coefficient (Wildman–Crippen LogP) is 18.1. The fourth-order valence-corrected chi connectivity index (χ4v) is 8.49. The smallest absolute Gasteiger partial charge is 0.306 e. The number of rotatable bonds is 50. The molecule has 0 N–H and O–H groups in total. The average molecular weight is 877 g/mol. The van der Waals surface area contributed by atoms with E-state index < -0.39 is 6.10 Å². The van der Waals surface area contributed by atoms with Gasteiger partial charge in [-0.2, -0.15) is 0 Å². The number of esters is 3. The lowest BCUT2D eigenvalue weighted by molar-refractivity contribution is -0.167. The van der Waals surface area contributed by atoms with Crippen molar-refractivity contribution in [2.45, 2.75) is 317 Å². The maximum Gasteiger partial charge on any atom is 0.306 e. The standard InChI is InChI=1S/C56H108O6/c1-6-8-9-10-11-12-13-14-15-16-17-18-19-20-21-25-31-36-41-46-54(57)60-49-53(62-56(59)48-43-38-33-28-27-30-35-40-45-52(5)7-2)50-61-55(58)47-42-37-32-26-23-22-24-29-34-39-44-51(3)4/h51-53H,6-50H2,1-5H3/t52?,53-/m0/s1. The summed E-state index contributed by atoms with van der Waals surface area (Å²) in [6.07, 6.45) is 50.9. The summed E-state index contributed by atoms with van der Waals surface area (Å²) in [5.41, 5.74) is 0. The summed E-state index contributed by atoms with van der Waals surface area (Å²) in [4.78, 5) is 38.0. The van der Waals surface area contributed by atoms with E-state index in [2.05, 4.69) is 34.6 Å². The van der Waals surface area contributed by atoms with Gasteiger partial charge in [0.05, 0.1) is 0 Å². The highest BCUT2D eigenvalue weighted by molar-refractivity contribution is 5.71. The molecule has 0 aliphatic rings. The van der Waals surface area contributed by atoms with Crippen LogP contribution in [0.3, 0.4) is 0 Å². The molecule has 0 amide bonds. The van der Waals surface area contributed by atoms with Gasteiger partial charge < -0.3 is 14.2 Å². The average Bonchev–Trinajstić information content (AvgIpc) is 3.26. The summed E-state index contributed by atoms with van der Waals surface area (Å²) in [6, 6.07) is 0. The number of ether oxygens (including phenoxy) is 3. The molecule has 0 aromatic rings. The third-order valence-corrected chi connectivity index (χ3v) is 13.1. The summed E-state index contributed by atoms with van der Waals surface area (Å²) in [5.74, 6) is 0.817. The molecule has 0 saturated carbocycles. The van der Waals surface area contributed by atoms with Gasteiger partial charge in [-0.15, -0.1) is 0 Å². The monoisotopic (exact) mass is 877 g/mol. The Labute approximate surface area is 387 Å². The van der Waals surface area contributed by atoms with E-state index in [0.29, 0.717) is 19.3 Å². The fraction of sp³-hybridized carbons (Fsp3) is 0.946. The van der Waals surface area contributed by atoms with Gasteiger partial charge in [-0.25, -0.2) is 0 Å². The Bertz CT molecular complexity index is 949. The largest absolute Gasteiger partial charge is 0.462 e. The van der Waals surface area contributed by atoms with Crippen molar-refractivity contribution in [1.82, 2.24) is 0 Å². The minimum Gasteiger partial charge on any atom is -0.462 e. The summed E-state index contributed by atoms with van der Waals surface area (Å²) < 4.78 is 16.8. The van der Waals surface area contributed by atoms with E-state index in [1.54, 1.807) is 0 Å². The number of hydrogen-bond acceptors (Lipinski definition) is 6. The van der Waals surface area contributed by atoms with E-state index >= 15 is 0 Å². The van der Waals surface area contributed by atoms with E-state index in [0.717, 1.165) is 69.6 Å². The van der Waals surface area contributed by atoms with Crippen molar-refractivity contribution in [2.75, 3.05) is 13.2 Å². The zero-order valence-corrected chi connectivity index (χ0v) is 42.5. The molecule has 6 heteroatoms. The molecule has 0 bridgehead atoms. The highest BCUT2D eigenvalue weighted by Gasteiger charge is 2.19. The second kappa shape index (κ2) is 48.9. The molecule has 0 heterocycles. The van der Waals surface area contributed by atoms with Gasteiger partial charge in [0.25, 0.3) is 0 Å². The fourth-order valence-electron chi connectivity index (χ4n) is 8.49. The quantitative estimate of drug-likeness (QED) is 0.0344. The molecule has 0 aliphatic heterocycles.